The topological polar surface area (TPSA) is 223 Å². The number of rotatable bonds is 22. The molecule has 676 valence electrons. The molecule has 24 heteroatoms. The first-order chi connectivity index (χ1) is 60.3. The van der Waals surface area contributed by atoms with Crippen molar-refractivity contribution in [3.8, 4) is 44.9 Å². The van der Waals surface area contributed by atoms with Crippen LogP contribution in [0.25, 0.3) is 33.4 Å². The number of halogens is 2. The second kappa shape index (κ2) is 46.6. The van der Waals surface area contributed by atoms with Crippen LogP contribution in [0, 0.1) is 19.9 Å². The first kappa shape index (κ1) is 99.5. The molecule has 0 bridgehead atoms. The fraction of sp³-hybridized carbons (Fsp3) is 0.441. The monoisotopic (exact) mass is 1900 g/mol. The number of anilines is 3. The van der Waals surface area contributed by atoms with Gasteiger partial charge in [-0.05, 0) is 263 Å². The third kappa shape index (κ3) is 25.7. The molecule has 3 saturated heterocycles. The van der Waals surface area contributed by atoms with Crippen molar-refractivity contribution < 1.29 is 66.3 Å². The van der Waals surface area contributed by atoms with Gasteiger partial charge in [0.15, 0.2) is 0 Å². The number of methoxy groups -OCH3 is 2. The Labute approximate surface area is 774 Å². The number of nitrogens with zero attached hydrogens (tertiary/aromatic N) is 7. The van der Waals surface area contributed by atoms with Crippen molar-refractivity contribution in [2.45, 2.75) is 239 Å². The molecule has 5 N–H and O–H groups in total. The summed E-state index contributed by atoms with van der Waals surface area (Å²) in [6, 6.07) is 60.7. The van der Waals surface area contributed by atoms with E-state index in [1.54, 1.807) is 64.6 Å². The first-order valence-corrected chi connectivity index (χ1v) is 48.8. The zero-order valence-corrected chi connectivity index (χ0v) is 81.5. The second-order valence-electron chi connectivity index (χ2n) is 36.0. The van der Waals surface area contributed by atoms with E-state index < -0.39 is 30.0 Å². The fourth-order valence-corrected chi connectivity index (χ4v) is 21.2. The van der Waals surface area contributed by atoms with Gasteiger partial charge in [0.2, 0.25) is 0 Å². The molecule has 2 aromatic heterocycles. The van der Waals surface area contributed by atoms with E-state index in [0.717, 1.165) is 93.5 Å². The van der Waals surface area contributed by atoms with Gasteiger partial charge in [0.25, 0.3) is 0 Å². The van der Waals surface area contributed by atoms with Gasteiger partial charge in [0, 0.05) is 84.9 Å². The minimum absolute atomic E-state index is 0.00413. The number of aryl methyl sites for hydroxylation is 2. The summed E-state index contributed by atoms with van der Waals surface area (Å²) >= 11 is 5.72. The van der Waals surface area contributed by atoms with Gasteiger partial charge >= 0.3 is 53.0 Å². The number of nitrogens with two attached hydrogens (primary N) is 1. The third-order valence-corrected chi connectivity index (χ3v) is 28.9. The van der Waals surface area contributed by atoms with Crippen molar-refractivity contribution in [2.75, 3.05) is 69.1 Å². The molecule has 4 amide bonds. The predicted octanol–water partition coefficient (Wildman–Crippen LogP) is 23.8. The quantitative estimate of drug-likeness (QED) is 0.0215. The summed E-state index contributed by atoms with van der Waals surface area (Å²) in [5, 5.41) is 31.7. The average molecular weight is 1910 g/mol. The summed E-state index contributed by atoms with van der Waals surface area (Å²) < 4.78 is 29.9. The molecular weight excluding hydrogens is 1770 g/mol. The number of ether oxygens (including phenoxy) is 3. The van der Waals surface area contributed by atoms with Gasteiger partial charge in [-0.25, -0.2) is 14.4 Å². The number of hydrogen-bond donors (Lipinski definition) is 4. The van der Waals surface area contributed by atoms with E-state index in [-0.39, 0.29) is 45.3 Å². The molecule has 2 unspecified atom stereocenters. The SMILES string of the molecule is CC(C)(C)OC(=O)n1cc(B2OC(C)(C)C(C)(C)O2)cn1.CC(C)c1cc(C(C)C)c(-c2cccc(P(C3CCCCC3)C3CCCCC3)c2)c(C(C)C)c1.COc1cccc(C(CCO)N2CCN(c3ccc(-c4cn[nH]c4)c(C)c3)C2=O)c1.COc1cccc(C(CCO)N2CCN(c3ccc(Br)c(C)c3)C2=O)c1.Nc1ccccc1-c1[c-]cccc1.[Cl][Pd+]. The Bertz CT molecular complexity index is 5090. The van der Waals surface area contributed by atoms with Crippen molar-refractivity contribution in [1.29, 1.82) is 0 Å². The van der Waals surface area contributed by atoms with Gasteiger partial charge in [-0.15, -0.1) is 35.9 Å². The molecule has 0 radical (unpaired) electrons. The number of hydrogen-bond acceptors (Lipinski definition) is 13. The Kier molecular flexibility index (Phi) is 36.8. The van der Waals surface area contributed by atoms with Gasteiger partial charge in [-0.2, -0.15) is 14.9 Å². The molecule has 5 aliphatic rings. The Morgan fingerprint density at radius 3 is 1.62 bits per heavy atom. The number of aliphatic hydroxyl groups is 2. The summed E-state index contributed by atoms with van der Waals surface area (Å²) in [5.74, 6) is 3.13. The van der Waals surface area contributed by atoms with Gasteiger partial charge in [-0.3, -0.25) is 14.9 Å². The summed E-state index contributed by atoms with van der Waals surface area (Å²) in [4.78, 5) is 45.6. The number of nitrogen functional groups attached to an aromatic ring is 1. The molecule has 15 rings (SSSR count). The molecular formula is C102H131BBrClN9O10PPd. The van der Waals surface area contributed by atoms with Crippen LogP contribution in [-0.2, 0) is 32.2 Å². The van der Waals surface area contributed by atoms with Gasteiger partial charge in [-0.1, -0.05) is 188 Å². The minimum atomic E-state index is -0.562. The normalized spacial score (nSPS) is 16.3. The zero-order valence-electron chi connectivity index (χ0n) is 76.7. The van der Waals surface area contributed by atoms with Crippen LogP contribution in [0.5, 0.6) is 11.5 Å². The number of aromatic nitrogens is 4. The average Bonchev–Trinajstić information content (AvgIpc) is 1.58. The van der Waals surface area contributed by atoms with E-state index in [1.807, 2.05) is 212 Å². The Morgan fingerprint density at radius 2 is 1.15 bits per heavy atom. The Hall–Kier alpha value is -8.64. The molecule has 8 aromatic carbocycles. The van der Waals surface area contributed by atoms with Crippen molar-refractivity contribution in [3.05, 3.63) is 244 Å². The molecule has 2 atom stereocenters. The summed E-state index contributed by atoms with van der Waals surface area (Å²) in [6.07, 6.45) is 21.9. The van der Waals surface area contributed by atoms with Crippen LogP contribution in [0.3, 0.4) is 0 Å². The van der Waals surface area contributed by atoms with Crippen LogP contribution in [0.2, 0.25) is 0 Å². The molecule has 19 nitrogen and oxygen atoms in total. The fourth-order valence-electron chi connectivity index (χ4n) is 17.1. The number of aromatic amines is 1. The van der Waals surface area contributed by atoms with Gasteiger partial charge in [0.1, 0.15) is 17.1 Å². The molecule has 5 heterocycles. The maximum absolute atomic E-state index is 13.3. The van der Waals surface area contributed by atoms with E-state index in [4.69, 9.17) is 29.3 Å². The van der Waals surface area contributed by atoms with Crippen LogP contribution in [0.1, 0.15) is 236 Å². The van der Waals surface area contributed by atoms with Crippen LogP contribution in [0.4, 0.5) is 31.4 Å². The third-order valence-electron chi connectivity index (χ3n) is 24.6. The number of carbonyl (C=O) groups is 3. The number of aliphatic hydroxyl groups excluding tert-OH is 2. The second-order valence-corrected chi connectivity index (χ2v) is 39.7. The van der Waals surface area contributed by atoms with Crippen LogP contribution < -0.4 is 35.8 Å². The number of H-pyrrole nitrogens is 1. The molecule has 10 aromatic rings. The van der Waals surface area contributed by atoms with Gasteiger partial charge < -0.3 is 49.3 Å². The number of urea groups is 2. The summed E-state index contributed by atoms with van der Waals surface area (Å²) in [6.45, 7) is 34.1. The van der Waals surface area contributed by atoms with Crippen molar-refractivity contribution in [3.63, 3.8) is 0 Å². The van der Waals surface area contributed by atoms with Crippen molar-refractivity contribution in [2.24, 2.45) is 0 Å². The number of para-hydroxylation sites is 1. The van der Waals surface area contributed by atoms with Crippen LogP contribution in [-0.4, -0.2) is 147 Å². The van der Waals surface area contributed by atoms with Crippen molar-refractivity contribution >= 4 is 86.5 Å². The molecule has 3 aliphatic heterocycles. The first-order valence-electron chi connectivity index (χ1n) is 44.5. The standard InChI is InChI=1S/C33H49P.C23H26N4O3.C20H23BrN2O3.C14H23BN2O4.C12H10N.ClH.Pd/c1-23(2)27-21-31(24(3)4)33(32(22-27)25(5)6)26-14-13-19-30(20-26)34(28-15-9-7-10-16-28)29-17-11-8-12-18-29;1-16-12-19(6-7-21(16)18-14-24-25-15-18)26-9-10-27(23(26)29)22(8-11-28)17-4-3-5-20(13-17)30-2;1-14-12-16(6-7-18(14)21)22-9-10-23(20(22)25)19(8-11-24)15-4-3-5-17(13-15)26-2;1-12(2,3)19-11(18)17-9-10(8-16-17)15-20-13(4,5)14(6,7)21-15;13-12-9-5-4-8-11(12)10-6-2-1-3-7-10;;/h13-14,19-25,28-29H,7-12,15-18H2,1-6H3;3-7,12-15,22,28H,8-11H2,1-2H3,(H,24,25);3-7,12-13,19,24H,8-11H2,1-2H3;8-9H,1-7H3;1-6,8-9H,13H2;1H;/q;;;;-1;;+2/p-1. The van der Waals surface area contributed by atoms with E-state index in [2.05, 4.69) is 143 Å². The number of benzene rings is 8. The molecule has 126 heavy (non-hydrogen) atoms. The Morgan fingerprint density at radius 1 is 0.627 bits per heavy atom. The van der Waals surface area contributed by atoms with E-state index in [1.165, 1.54) is 75.3 Å². The number of carbonyl (C=O) groups excluding carboxylic acids is 3. The van der Waals surface area contributed by atoms with Gasteiger partial charge in [0.05, 0.1) is 43.7 Å². The Balaban J connectivity index is 0.000000168. The van der Waals surface area contributed by atoms with Crippen LogP contribution >= 0.6 is 33.4 Å². The molecule has 0 spiro atoms. The van der Waals surface area contributed by atoms with E-state index in [9.17, 15) is 24.6 Å². The maximum atomic E-state index is 13.3. The summed E-state index contributed by atoms with van der Waals surface area (Å²) in [7, 11) is 7.14. The molecule has 2 aliphatic carbocycles. The van der Waals surface area contributed by atoms with E-state index in [0.29, 0.717) is 62.2 Å². The summed E-state index contributed by atoms with van der Waals surface area (Å²) in [5.41, 5.74) is 25.5. The molecule has 2 saturated carbocycles. The zero-order chi connectivity index (χ0) is 91.2. The van der Waals surface area contributed by atoms with E-state index >= 15 is 0 Å². The number of amides is 4. The van der Waals surface area contributed by atoms with Crippen LogP contribution in [0.15, 0.2) is 199 Å². The van der Waals surface area contributed by atoms with Crippen molar-refractivity contribution in [1.82, 2.24) is 29.8 Å². The molecule has 5 fully saturated rings. The number of nitrogens with one attached hydrogen (secondary N) is 1. The predicted molar refractivity (Wildman–Crippen MR) is 516 cm³/mol.